The molecule has 7 nitrogen and oxygen atoms in total. The molecule has 0 aliphatic rings. The van der Waals surface area contributed by atoms with Gasteiger partial charge in [-0.15, -0.1) is 0 Å². The number of H-pyrrole nitrogens is 1. The number of benzene rings is 1. The molecule has 0 fully saturated rings. The number of hydrogen-bond donors (Lipinski definition) is 2. The van der Waals surface area contributed by atoms with E-state index in [0.29, 0.717) is 34.1 Å². The highest BCUT2D eigenvalue weighted by Crippen LogP contribution is 2.29. The molecular weight excluding hydrogens is 386 g/mol. The molecule has 2 heterocycles. The van der Waals surface area contributed by atoms with Crippen LogP contribution in [0.25, 0.3) is 5.69 Å². The number of nitrogens with zero attached hydrogens (tertiary/aromatic N) is 3. The van der Waals surface area contributed by atoms with Crippen molar-refractivity contribution in [2.45, 2.75) is 19.9 Å². The van der Waals surface area contributed by atoms with Crippen LogP contribution < -0.4 is 10.1 Å². The molecule has 0 unspecified atom stereocenters. The Labute approximate surface area is 166 Å². The van der Waals surface area contributed by atoms with E-state index in [1.54, 1.807) is 12.1 Å². The number of nitrogens with one attached hydrogen (secondary N) is 2. The van der Waals surface area contributed by atoms with Crippen LogP contribution in [0, 0.1) is 4.77 Å². The Balaban J connectivity index is 1.74. The van der Waals surface area contributed by atoms with Gasteiger partial charge in [0.15, 0.2) is 4.77 Å². The van der Waals surface area contributed by atoms with Gasteiger partial charge in [0, 0.05) is 38.0 Å². The van der Waals surface area contributed by atoms with Gasteiger partial charge in [-0.1, -0.05) is 11.6 Å². The highest BCUT2D eigenvalue weighted by Gasteiger charge is 2.17. The molecule has 0 atom stereocenters. The maximum Gasteiger partial charge on any atom is 0.255 e. The molecule has 3 rings (SSSR count). The number of carbonyl (C=O) groups excluding carboxylic acids is 1. The second-order valence-corrected chi connectivity index (χ2v) is 6.58. The zero-order valence-electron chi connectivity index (χ0n) is 15.0. The molecule has 1 aromatic carbocycles. The number of aromatic nitrogens is 4. The molecule has 0 saturated heterocycles. The summed E-state index contributed by atoms with van der Waals surface area (Å²) < 4.78 is 9.73. The summed E-state index contributed by atoms with van der Waals surface area (Å²) in [5.74, 6) is 0.998. The van der Waals surface area contributed by atoms with Gasteiger partial charge in [-0.05, 0) is 37.3 Å². The van der Waals surface area contributed by atoms with Crippen LogP contribution in [0.5, 0.6) is 5.75 Å². The number of amides is 1. The van der Waals surface area contributed by atoms with Crippen molar-refractivity contribution in [2.24, 2.45) is 0 Å². The summed E-state index contributed by atoms with van der Waals surface area (Å²) in [6.45, 7) is 3.13. The van der Waals surface area contributed by atoms with Crippen LogP contribution in [0.3, 0.4) is 0 Å². The number of carbonyl (C=O) groups is 1. The zero-order valence-corrected chi connectivity index (χ0v) is 16.6. The molecule has 0 radical (unpaired) electrons. The van der Waals surface area contributed by atoms with E-state index in [1.807, 2.05) is 40.6 Å². The number of halogens is 1. The number of hydrogen-bond acceptors (Lipinski definition) is 4. The molecule has 2 N–H and O–H groups in total. The van der Waals surface area contributed by atoms with Crippen molar-refractivity contribution in [3.8, 4) is 11.4 Å². The van der Waals surface area contributed by atoms with Gasteiger partial charge >= 0.3 is 0 Å². The summed E-state index contributed by atoms with van der Waals surface area (Å²) >= 11 is 11.5. The summed E-state index contributed by atoms with van der Waals surface area (Å²) in [5, 5.41) is 10.3. The van der Waals surface area contributed by atoms with Gasteiger partial charge in [-0.3, -0.25) is 9.89 Å². The largest absolute Gasteiger partial charge is 0.496 e. The molecule has 9 heteroatoms. The van der Waals surface area contributed by atoms with Crippen molar-refractivity contribution in [2.75, 3.05) is 13.7 Å². The maximum atomic E-state index is 12.6. The van der Waals surface area contributed by atoms with Gasteiger partial charge in [0.25, 0.3) is 5.91 Å². The Morgan fingerprint density at radius 1 is 1.37 bits per heavy atom. The van der Waals surface area contributed by atoms with E-state index in [-0.39, 0.29) is 5.91 Å². The average molecular weight is 406 g/mol. The minimum atomic E-state index is -0.259. The first kappa shape index (κ1) is 19.2. The van der Waals surface area contributed by atoms with Crippen LogP contribution in [-0.4, -0.2) is 38.9 Å². The van der Waals surface area contributed by atoms with Crippen molar-refractivity contribution >= 4 is 29.7 Å². The average Bonchev–Trinajstić information content (AvgIpc) is 3.31. The van der Waals surface area contributed by atoms with Crippen LogP contribution >= 0.6 is 23.8 Å². The minimum Gasteiger partial charge on any atom is -0.496 e. The predicted octanol–water partition coefficient (Wildman–Crippen LogP) is 3.39. The third kappa shape index (κ3) is 4.06. The van der Waals surface area contributed by atoms with E-state index in [0.717, 1.165) is 18.1 Å². The first-order valence-electron chi connectivity index (χ1n) is 8.48. The normalized spacial score (nSPS) is 10.8. The molecule has 27 heavy (non-hydrogen) atoms. The maximum absolute atomic E-state index is 12.6. The quantitative estimate of drug-likeness (QED) is 0.591. The molecule has 0 bridgehead atoms. The Morgan fingerprint density at radius 2 is 2.11 bits per heavy atom. The van der Waals surface area contributed by atoms with Gasteiger partial charge in [0.2, 0.25) is 0 Å². The van der Waals surface area contributed by atoms with Crippen LogP contribution in [-0.2, 0) is 13.0 Å². The van der Waals surface area contributed by atoms with E-state index in [1.165, 1.54) is 7.11 Å². The summed E-state index contributed by atoms with van der Waals surface area (Å²) in [6.07, 6.45) is 4.31. The molecule has 0 spiro atoms. The SMILES string of the molecule is CCn1c(CCNC(=O)c2cc(Cl)c(-n3cccc3)cc2OC)n[nH]c1=S. The van der Waals surface area contributed by atoms with E-state index in [4.69, 9.17) is 28.6 Å². The first-order chi connectivity index (χ1) is 13.0. The van der Waals surface area contributed by atoms with E-state index >= 15 is 0 Å². The van der Waals surface area contributed by atoms with E-state index < -0.39 is 0 Å². The molecule has 142 valence electrons. The molecule has 1 amide bonds. The molecular formula is C18H20ClN5O2S. The fraction of sp³-hybridized carbons (Fsp3) is 0.278. The summed E-state index contributed by atoms with van der Waals surface area (Å²) in [5.41, 5.74) is 1.13. The number of aromatic amines is 1. The number of ether oxygens (including phenoxy) is 1. The third-order valence-corrected chi connectivity index (χ3v) is 4.80. The topological polar surface area (TPSA) is 76.9 Å². The predicted molar refractivity (Wildman–Crippen MR) is 106 cm³/mol. The van der Waals surface area contributed by atoms with Crippen molar-refractivity contribution in [3.63, 3.8) is 0 Å². The molecule has 3 aromatic rings. The molecule has 0 aliphatic heterocycles. The van der Waals surface area contributed by atoms with Gasteiger partial charge in [-0.25, -0.2) is 0 Å². The number of rotatable bonds is 7. The smallest absolute Gasteiger partial charge is 0.255 e. The van der Waals surface area contributed by atoms with Crippen molar-refractivity contribution in [1.82, 2.24) is 24.6 Å². The first-order valence-corrected chi connectivity index (χ1v) is 9.27. The lowest BCUT2D eigenvalue weighted by atomic mass is 10.1. The van der Waals surface area contributed by atoms with E-state index in [2.05, 4.69) is 15.5 Å². The molecule has 0 aliphatic carbocycles. The Kier molecular flexibility index (Phi) is 5.98. The van der Waals surface area contributed by atoms with Gasteiger partial charge in [-0.2, -0.15) is 5.10 Å². The van der Waals surface area contributed by atoms with Gasteiger partial charge in [0.1, 0.15) is 11.6 Å². The zero-order chi connectivity index (χ0) is 19.4. The fourth-order valence-corrected chi connectivity index (χ4v) is 3.37. The van der Waals surface area contributed by atoms with Crippen molar-refractivity contribution < 1.29 is 9.53 Å². The lowest BCUT2D eigenvalue weighted by Crippen LogP contribution is -2.27. The number of methoxy groups -OCH3 is 1. The molecule has 0 saturated carbocycles. The lowest BCUT2D eigenvalue weighted by Gasteiger charge is -2.13. The van der Waals surface area contributed by atoms with Gasteiger partial charge < -0.3 is 19.2 Å². The third-order valence-electron chi connectivity index (χ3n) is 4.18. The second kappa shape index (κ2) is 8.41. The fourth-order valence-electron chi connectivity index (χ4n) is 2.83. The molecule has 2 aromatic heterocycles. The van der Waals surface area contributed by atoms with E-state index in [9.17, 15) is 4.79 Å². The summed E-state index contributed by atoms with van der Waals surface area (Å²) in [6, 6.07) is 7.16. The van der Waals surface area contributed by atoms with Crippen LogP contribution in [0.4, 0.5) is 0 Å². The Bertz CT molecular complexity index is 994. The summed E-state index contributed by atoms with van der Waals surface area (Å²) in [4.78, 5) is 12.6. The van der Waals surface area contributed by atoms with Crippen LogP contribution in [0.15, 0.2) is 36.7 Å². The Morgan fingerprint density at radius 3 is 2.78 bits per heavy atom. The van der Waals surface area contributed by atoms with Crippen LogP contribution in [0.2, 0.25) is 5.02 Å². The second-order valence-electron chi connectivity index (χ2n) is 5.79. The van der Waals surface area contributed by atoms with Crippen molar-refractivity contribution in [1.29, 1.82) is 0 Å². The van der Waals surface area contributed by atoms with Crippen LogP contribution in [0.1, 0.15) is 23.1 Å². The highest BCUT2D eigenvalue weighted by atomic mass is 35.5. The standard InChI is InChI=1S/C18H20ClN5O2S/c1-3-24-16(21-22-18(24)27)6-7-20-17(25)12-10-13(19)14(11-15(12)26-2)23-8-4-5-9-23/h4-5,8-11H,3,6-7H2,1-2H3,(H,20,25)(H,22,27). The highest BCUT2D eigenvalue weighted by molar-refractivity contribution is 7.71. The monoisotopic (exact) mass is 405 g/mol. The van der Waals surface area contributed by atoms with Crippen molar-refractivity contribution in [3.05, 3.63) is 57.8 Å². The van der Waals surface area contributed by atoms with Gasteiger partial charge in [0.05, 0.1) is 23.4 Å². The minimum absolute atomic E-state index is 0.259. The lowest BCUT2D eigenvalue weighted by molar-refractivity contribution is 0.0951. The Hall–Kier alpha value is -2.58. The summed E-state index contributed by atoms with van der Waals surface area (Å²) in [7, 11) is 1.53.